The van der Waals surface area contributed by atoms with Crippen molar-refractivity contribution in [2.24, 2.45) is 0 Å². The van der Waals surface area contributed by atoms with Gasteiger partial charge in [-0.05, 0) is 30.7 Å². The number of rotatable bonds is 5. The summed E-state index contributed by atoms with van der Waals surface area (Å²) in [5.74, 6) is 0.203. The second-order valence-corrected chi connectivity index (χ2v) is 6.61. The van der Waals surface area contributed by atoms with Gasteiger partial charge in [0.15, 0.2) is 0 Å². The van der Waals surface area contributed by atoms with E-state index >= 15 is 0 Å². The lowest BCUT2D eigenvalue weighted by Crippen LogP contribution is -2.14. The number of hydrogen-bond donors (Lipinski definition) is 2. The normalized spacial score (nSPS) is 10.4. The van der Waals surface area contributed by atoms with Gasteiger partial charge in [0.05, 0.1) is 12.4 Å². The van der Waals surface area contributed by atoms with Crippen molar-refractivity contribution in [3.05, 3.63) is 81.7 Å². The Kier molecular flexibility index (Phi) is 5.71. The molecule has 132 valence electrons. The van der Waals surface area contributed by atoms with Gasteiger partial charge in [0, 0.05) is 22.3 Å². The predicted molar refractivity (Wildman–Crippen MR) is 105 cm³/mol. The quantitative estimate of drug-likeness (QED) is 0.650. The van der Waals surface area contributed by atoms with Crippen molar-refractivity contribution in [1.82, 2.24) is 9.97 Å². The summed E-state index contributed by atoms with van der Waals surface area (Å²) in [5.41, 5.74) is 3.04. The summed E-state index contributed by atoms with van der Waals surface area (Å²) in [4.78, 5) is 20.6. The molecule has 7 heteroatoms. The summed E-state index contributed by atoms with van der Waals surface area (Å²) in [6.45, 7) is 2.67. The van der Waals surface area contributed by atoms with Crippen molar-refractivity contribution in [1.29, 1.82) is 0 Å². The Morgan fingerprint density at radius 1 is 1.00 bits per heavy atom. The number of nitrogens with one attached hydrogen (secondary N) is 2. The van der Waals surface area contributed by atoms with E-state index in [1.165, 1.54) is 18.0 Å². The number of halogens is 2. The molecule has 3 aromatic rings. The molecule has 1 amide bonds. The van der Waals surface area contributed by atoms with Crippen LogP contribution in [0.25, 0.3) is 0 Å². The number of carbonyl (C=O) groups excluding carboxylic acids is 1. The zero-order valence-electron chi connectivity index (χ0n) is 14.0. The van der Waals surface area contributed by atoms with Crippen LogP contribution >= 0.6 is 23.2 Å². The van der Waals surface area contributed by atoms with E-state index in [1.807, 2.05) is 19.1 Å². The third-order valence-electron chi connectivity index (χ3n) is 3.60. The molecule has 0 saturated carbocycles. The maximum Gasteiger partial charge on any atom is 0.275 e. The number of hydrogen-bond acceptors (Lipinski definition) is 4. The maximum absolute atomic E-state index is 12.2. The van der Waals surface area contributed by atoms with Gasteiger partial charge in [-0.15, -0.1) is 0 Å². The topological polar surface area (TPSA) is 66.9 Å². The molecule has 2 N–H and O–H groups in total. The summed E-state index contributed by atoms with van der Waals surface area (Å²) in [5, 5.41) is 6.74. The average Bonchev–Trinajstić information content (AvgIpc) is 2.61. The lowest BCUT2D eigenvalue weighted by molar-refractivity contribution is 0.102. The molecule has 2 aromatic carbocycles. The number of amides is 1. The number of anilines is 2. The van der Waals surface area contributed by atoms with Crippen LogP contribution in [0.3, 0.4) is 0 Å². The zero-order valence-corrected chi connectivity index (χ0v) is 15.5. The van der Waals surface area contributed by atoms with Gasteiger partial charge in [0.25, 0.3) is 5.91 Å². The first-order chi connectivity index (χ1) is 12.5. The Bertz CT molecular complexity index is 892. The second-order valence-electron chi connectivity index (χ2n) is 5.74. The SMILES string of the molecule is Cc1ccc(CNc2cnc(C(=O)Nc3cc(Cl)cc(Cl)c3)cn2)cc1. The summed E-state index contributed by atoms with van der Waals surface area (Å²) in [6, 6.07) is 13.0. The van der Waals surface area contributed by atoms with Crippen LogP contribution < -0.4 is 10.6 Å². The van der Waals surface area contributed by atoms with Gasteiger partial charge in [-0.2, -0.15) is 0 Å². The Labute approximate surface area is 161 Å². The van der Waals surface area contributed by atoms with Crippen molar-refractivity contribution in [2.45, 2.75) is 13.5 Å². The van der Waals surface area contributed by atoms with Gasteiger partial charge < -0.3 is 10.6 Å². The van der Waals surface area contributed by atoms with E-state index in [0.29, 0.717) is 28.1 Å². The van der Waals surface area contributed by atoms with Crippen LogP contribution in [0, 0.1) is 6.92 Å². The van der Waals surface area contributed by atoms with Gasteiger partial charge in [-0.3, -0.25) is 4.79 Å². The van der Waals surface area contributed by atoms with Crippen molar-refractivity contribution in [3.63, 3.8) is 0 Å². The third kappa shape index (κ3) is 4.94. The first-order valence-electron chi connectivity index (χ1n) is 7.88. The monoisotopic (exact) mass is 386 g/mol. The Morgan fingerprint density at radius 2 is 1.69 bits per heavy atom. The largest absolute Gasteiger partial charge is 0.365 e. The molecule has 0 aliphatic carbocycles. The number of carbonyl (C=O) groups is 1. The molecule has 5 nitrogen and oxygen atoms in total. The predicted octanol–water partition coefficient (Wildman–Crippen LogP) is 4.96. The maximum atomic E-state index is 12.2. The van der Waals surface area contributed by atoms with E-state index in [4.69, 9.17) is 23.2 Å². The highest BCUT2D eigenvalue weighted by Gasteiger charge is 2.09. The van der Waals surface area contributed by atoms with Crippen molar-refractivity contribution in [2.75, 3.05) is 10.6 Å². The van der Waals surface area contributed by atoms with E-state index in [9.17, 15) is 4.79 Å². The van der Waals surface area contributed by atoms with Crippen molar-refractivity contribution >= 4 is 40.6 Å². The van der Waals surface area contributed by atoms with Gasteiger partial charge >= 0.3 is 0 Å². The van der Waals surface area contributed by atoms with Gasteiger partial charge in [-0.25, -0.2) is 9.97 Å². The van der Waals surface area contributed by atoms with Crippen LogP contribution in [0.15, 0.2) is 54.9 Å². The van der Waals surface area contributed by atoms with Crippen molar-refractivity contribution in [3.8, 4) is 0 Å². The molecule has 1 aromatic heterocycles. The van der Waals surface area contributed by atoms with E-state index in [2.05, 4.69) is 32.7 Å². The molecule has 0 spiro atoms. The molecule has 26 heavy (non-hydrogen) atoms. The molecule has 0 atom stereocenters. The minimum atomic E-state index is -0.388. The Hall–Kier alpha value is -2.63. The lowest BCUT2D eigenvalue weighted by Gasteiger charge is -2.08. The summed E-state index contributed by atoms with van der Waals surface area (Å²) in [7, 11) is 0. The molecule has 0 bridgehead atoms. The highest BCUT2D eigenvalue weighted by Crippen LogP contribution is 2.22. The van der Waals surface area contributed by atoms with Crippen LogP contribution in [0.1, 0.15) is 21.6 Å². The van der Waals surface area contributed by atoms with Crippen LogP contribution in [0.2, 0.25) is 10.0 Å². The Morgan fingerprint density at radius 3 is 2.31 bits per heavy atom. The third-order valence-corrected chi connectivity index (χ3v) is 4.04. The molecule has 0 aliphatic rings. The van der Waals surface area contributed by atoms with Crippen molar-refractivity contribution < 1.29 is 4.79 Å². The van der Waals surface area contributed by atoms with E-state index in [0.717, 1.165) is 5.56 Å². The molecule has 0 saturated heterocycles. The van der Waals surface area contributed by atoms with E-state index in [1.54, 1.807) is 18.2 Å². The molecular formula is C19H16Cl2N4O. The van der Waals surface area contributed by atoms with E-state index < -0.39 is 0 Å². The summed E-state index contributed by atoms with van der Waals surface area (Å²) < 4.78 is 0. The standard InChI is InChI=1S/C19H16Cl2N4O/c1-12-2-4-13(5-3-12)9-23-18-11-22-17(10-24-18)19(26)25-16-7-14(20)6-15(21)8-16/h2-8,10-11H,9H2,1H3,(H,23,24)(H,25,26). The second kappa shape index (κ2) is 8.17. The fraction of sp³-hybridized carbons (Fsp3) is 0.105. The molecule has 3 rings (SSSR count). The van der Waals surface area contributed by atoms with Gasteiger partial charge in [0.1, 0.15) is 11.5 Å². The number of benzene rings is 2. The molecular weight excluding hydrogens is 371 g/mol. The van der Waals surface area contributed by atoms with Crippen LogP contribution in [-0.2, 0) is 6.54 Å². The van der Waals surface area contributed by atoms with Crippen LogP contribution in [0.5, 0.6) is 0 Å². The zero-order chi connectivity index (χ0) is 18.5. The minimum absolute atomic E-state index is 0.196. The first kappa shape index (κ1) is 18.2. The highest BCUT2D eigenvalue weighted by molar-refractivity contribution is 6.35. The molecule has 0 unspecified atom stereocenters. The van der Waals surface area contributed by atoms with Gasteiger partial charge in [0.2, 0.25) is 0 Å². The molecule has 1 heterocycles. The number of nitrogens with zero attached hydrogens (tertiary/aromatic N) is 2. The lowest BCUT2D eigenvalue weighted by atomic mass is 10.1. The first-order valence-corrected chi connectivity index (χ1v) is 8.64. The molecule has 0 radical (unpaired) electrons. The fourth-order valence-electron chi connectivity index (χ4n) is 2.26. The smallest absolute Gasteiger partial charge is 0.275 e. The molecule has 0 fully saturated rings. The fourth-order valence-corrected chi connectivity index (χ4v) is 2.78. The van der Waals surface area contributed by atoms with Gasteiger partial charge in [-0.1, -0.05) is 53.0 Å². The summed E-state index contributed by atoms with van der Waals surface area (Å²) >= 11 is 11.8. The highest BCUT2D eigenvalue weighted by atomic mass is 35.5. The van der Waals surface area contributed by atoms with E-state index in [-0.39, 0.29) is 11.6 Å². The minimum Gasteiger partial charge on any atom is -0.365 e. The number of aryl methyl sites for hydroxylation is 1. The van der Waals surface area contributed by atoms with Crippen LogP contribution in [0.4, 0.5) is 11.5 Å². The van der Waals surface area contributed by atoms with Crippen LogP contribution in [-0.4, -0.2) is 15.9 Å². The number of aromatic nitrogens is 2. The summed E-state index contributed by atoms with van der Waals surface area (Å²) in [6.07, 6.45) is 2.94. The Balaban J connectivity index is 1.61. The molecule has 0 aliphatic heterocycles. The average molecular weight is 387 g/mol.